The zero-order chi connectivity index (χ0) is 28.1. The third kappa shape index (κ3) is 28.3. The Hall–Kier alpha value is -2.24. The first-order chi connectivity index (χ1) is 18.5. The molecule has 3 N–H and O–H groups in total. The minimum absolute atomic E-state index is 0.0226. The molecule has 0 rings (SSSR count). The molecule has 0 aliphatic rings. The smallest absolute Gasteiger partial charge is 0.305 e. The van der Waals surface area contributed by atoms with Crippen molar-refractivity contribution in [1.29, 1.82) is 0 Å². The third-order valence-corrected chi connectivity index (χ3v) is 5.63. The van der Waals surface area contributed by atoms with Crippen LogP contribution in [-0.4, -0.2) is 88.7 Å². The van der Waals surface area contributed by atoms with Gasteiger partial charge in [0, 0.05) is 52.0 Å². The van der Waals surface area contributed by atoms with Crippen LogP contribution in [0.15, 0.2) is 0 Å². The van der Waals surface area contributed by atoms with Gasteiger partial charge in [-0.1, -0.05) is 25.7 Å². The number of amides is 2. The van der Waals surface area contributed by atoms with Gasteiger partial charge in [-0.3, -0.25) is 19.2 Å². The average molecular weight is 547 g/mol. The molecule has 0 aliphatic carbocycles. The first-order valence-electron chi connectivity index (χ1n) is 14.0. The fraction of sp³-hybridized carbons (Fsp3) is 0.852. The van der Waals surface area contributed by atoms with E-state index in [1.807, 2.05) is 0 Å². The highest BCUT2D eigenvalue weighted by atomic mass is 16.5. The molecule has 0 aromatic heterocycles. The zero-order valence-electron chi connectivity index (χ0n) is 23.3. The molecule has 222 valence electrons. The number of aliphatic carboxylic acids is 1. The monoisotopic (exact) mass is 546 g/mol. The van der Waals surface area contributed by atoms with Gasteiger partial charge in [-0.05, 0) is 38.5 Å². The van der Waals surface area contributed by atoms with E-state index in [9.17, 15) is 19.2 Å². The number of ether oxygens (including phenoxy) is 4. The number of rotatable bonds is 28. The Bertz CT molecular complexity index is 617. The molecule has 0 bridgehead atoms. The summed E-state index contributed by atoms with van der Waals surface area (Å²) in [4.78, 5) is 44.9. The normalized spacial score (nSPS) is 10.8. The van der Waals surface area contributed by atoms with E-state index < -0.39 is 5.97 Å². The SMILES string of the molecule is COC(=O)CCCCCCC(=O)NCCCOCCOCCOCCCNC(=O)CCCCCCC(=O)O. The number of carboxylic acid groups (broad SMARTS) is 1. The van der Waals surface area contributed by atoms with Crippen LogP contribution in [0.3, 0.4) is 0 Å². The molecule has 11 heteroatoms. The summed E-state index contributed by atoms with van der Waals surface area (Å²) in [5, 5.41) is 14.3. The summed E-state index contributed by atoms with van der Waals surface area (Å²) in [7, 11) is 1.39. The fourth-order valence-electron chi connectivity index (χ4n) is 3.45. The van der Waals surface area contributed by atoms with Gasteiger partial charge >= 0.3 is 11.9 Å². The van der Waals surface area contributed by atoms with Crippen LogP contribution in [0.5, 0.6) is 0 Å². The fourth-order valence-corrected chi connectivity index (χ4v) is 3.45. The maximum Gasteiger partial charge on any atom is 0.305 e. The van der Waals surface area contributed by atoms with Gasteiger partial charge in [0.1, 0.15) is 0 Å². The van der Waals surface area contributed by atoms with E-state index >= 15 is 0 Å². The van der Waals surface area contributed by atoms with Crippen LogP contribution in [0.2, 0.25) is 0 Å². The van der Waals surface area contributed by atoms with Crippen LogP contribution >= 0.6 is 0 Å². The first-order valence-corrected chi connectivity index (χ1v) is 14.0. The maximum absolute atomic E-state index is 11.8. The van der Waals surface area contributed by atoms with Gasteiger partial charge in [-0.15, -0.1) is 0 Å². The standard InChI is InChI=1S/C27H50N2O9/c1-35-27(34)15-9-5-3-7-13-25(31)29-17-11-19-37-21-23-38-22-20-36-18-10-16-28-24(30)12-6-2-4-8-14-26(32)33/h2-23H2,1H3,(H,28,30)(H,29,31)(H,32,33). The summed E-state index contributed by atoms with van der Waals surface area (Å²) < 4.78 is 21.0. The van der Waals surface area contributed by atoms with Crippen LogP contribution in [-0.2, 0) is 38.1 Å². The Morgan fingerprint density at radius 2 is 0.921 bits per heavy atom. The second-order valence-corrected chi connectivity index (χ2v) is 9.04. The van der Waals surface area contributed by atoms with E-state index in [4.69, 9.17) is 19.3 Å². The average Bonchev–Trinajstić information content (AvgIpc) is 2.89. The number of esters is 1. The number of hydrogen-bond donors (Lipinski definition) is 3. The number of nitrogens with one attached hydrogen (secondary N) is 2. The number of carbonyl (C=O) groups is 4. The molecule has 0 saturated carbocycles. The van der Waals surface area contributed by atoms with E-state index in [1.54, 1.807) is 0 Å². The van der Waals surface area contributed by atoms with Gasteiger partial charge in [-0.2, -0.15) is 0 Å². The van der Waals surface area contributed by atoms with Gasteiger partial charge in [0.05, 0.1) is 33.5 Å². The molecule has 38 heavy (non-hydrogen) atoms. The van der Waals surface area contributed by atoms with Crippen molar-refractivity contribution in [2.75, 3.05) is 59.8 Å². The Morgan fingerprint density at radius 1 is 0.526 bits per heavy atom. The molecule has 0 spiro atoms. The quantitative estimate of drug-likeness (QED) is 0.0994. The zero-order valence-corrected chi connectivity index (χ0v) is 23.3. The van der Waals surface area contributed by atoms with Crippen LogP contribution < -0.4 is 10.6 Å². The predicted octanol–water partition coefficient (Wildman–Crippen LogP) is 2.99. The summed E-state index contributed by atoms with van der Waals surface area (Å²) >= 11 is 0. The molecule has 0 unspecified atom stereocenters. The van der Waals surface area contributed by atoms with Crippen molar-refractivity contribution >= 4 is 23.8 Å². The molecule has 0 aromatic rings. The van der Waals surface area contributed by atoms with Crippen molar-refractivity contribution in [2.24, 2.45) is 0 Å². The van der Waals surface area contributed by atoms with E-state index in [2.05, 4.69) is 15.4 Å². The van der Waals surface area contributed by atoms with Gasteiger partial charge in [0.2, 0.25) is 11.8 Å². The van der Waals surface area contributed by atoms with E-state index in [0.29, 0.717) is 78.4 Å². The largest absolute Gasteiger partial charge is 0.481 e. The van der Waals surface area contributed by atoms with Crippen molar-refractivity contribution in [2.45, 2.75) is 89.9 Å². The lowest BCUT2D eigenvalue weighted by molar-refractivity contribution is -0.141. The van der Waals surface area contributed by atoms with Crippen molar-refractivity contribution in [3.8, 4) is 0 Å². The number of unbranched alkanes of at least 4 members (excludes halogenated alkanes) is 6. The molecule has 0 aliphatic heterocycles. The van der Waals surface area contributed by atoms with Crippen molar-refractivity contribution in [3.05, 3.63) is 0 Å². The lowest BCUT2D eigenvalue weighted by atomic mass is 10.1. The first kappa shape index (κ1) is 35.8. The number of methoxy groups -OCH3 is 1. The Kier molecular flexibility index (Phi) is 26.1. The summed E-state index contributed by atoms with van der Waals surface area (Å²) in [6.07, 6.45) is 9.71. The molecule has 0 fully saturated rings. The number of carboxylic acids is 1. The lowest BCUT2D eigenvalue weighted by Crippen LogP contribution is -2.25. The molecule has 0 aromatic carbocycles. The van der Waals surface area contributed by atoms with Crippen molar-refractivity contribution < 1.29 is 43.2 Å². The molecule has 0 heterocycles. The minimum Gasteiger partial charge on any atom is -0.481 e. The summed E-state index contributed by atoms with van der Waals surface area (Å²) in [5.41, 5.74) is 0. The molecule has 0 radical (unpaired) electrons. The highest BCUT2D eigenvalue weighted by Gasteiger charge is 2.03. The highest BCUT2D eigenvalue weighted by molar-refractivity contribution is 5.76. The van der Waals surface area contributed by atoms with Crippen LogP contribution in [0.4, 0.5) is 0 Å². The molecular weight excluding hydrogens is 496 g/mol. The topological polar surface area (TPSA) is 149 Å². The number of hydrogen-bond acceptors (Lipinski definition) is 8. The molecule has 11 nitrogen and oxygen atoms in total. The van der Waals surface area contributed by atoms with Gasteiger partial charge < -0.3 is 34.7 Å². The summed E-state index contributed by atoms with van der Waals surface area (Å²) in [6, 6.07) is 0. The van der Waals surface area contributed by atoms with Crippen LogP contribution in [0.1, 0.15) is 89.9 Å². The lowest BCUT2D eigenvalue weighted by Gasteiger charge is -2.08. The maximum atomic E-state index is 11.8. The second-order valence-electron chi connectivity index (χ2n) is 9.04. The summed E-state index contributed by atoms with van der Waals surface area (Å²) in [5.74, 6) is -0.889. The molecule has 0 atom stereocenters. The Morgan fingerprint density at radius 3 is 1.34 bits per heavy atom. The Labute approximate surface area is 227 Å². The van der Waals surface area contributed by atoms with Gasteiger partial charge in [0.15, 0.2) is 0 Å². The molecule has 0 saturated heterocycles. The van der Waals surface area contributed by atoms with Crippen LogP contribution in [0.25, 0.3) is 0 Å². The van der Waals surface area contributed by atoms with E-state index in [1.165, 1.54) is 7.11 Å². The predicted molar refractivity (Wildman–Crippen MR) is 143 cm³/mol. The summed E-state index contributed by atoms with van der Waals surface area (Å²) in [6.45, 7) is 4.22. The van der Waals surface area contributed by atoms with Crippen molar-refractivity contribution in [3.63, 3.8) is 0 Å². The van der Waals surface area contributed by atoms with E-state index in [-0.39, 0.29) is 24.2 Å². The van der Waals surface area contributed by atoms with Gasteiger partial charge in [0.25, 0.3) is 0 Å². The molecule has 2 amide bonds. The van der Waals surface area contributed by atoms with Gasteiger partial charge in [-0.25, -0.2) is 0 Å². The Balaban J connectivity index is 3.24. The van der Waals surface area contributed by atoms with Crippen LogP contribution in [0, 0.1) is 0 Å². The number of carbonyl (C=O) groups excluding carboxylic acids is 3. The van der Waals surface area contributed by atoms with Crippen molar-refractivity contribution in [1.82, 2.24) is 10.6 Å². The minimum atomic E-state index is -0.772. The van der Waals surface area contributed by atoms with E-state index in [0.717, 1.165) is 57.8 Å². The second kappa shape index (κ2) is 27.8. The third-order valence-electron chi connectivity index (χ3n) is 5.63. The highest BCUT2D eigenvalue weighted by Crippen LogP contribution is 2.06. The molecular formula is C27H50N2O9.